The second-order valence-electron chi connectivity index (χ2n) is 3.95. The Labute approximate surface area is 115 Å². The van der Waals surface area contributed by atoms with Crippen molar-refractivity contribution in [1.29, 1.82) is 0 Å². The number of ether oxygens (including phenoxy) is 2. The Hall–Kier alpha value is -2.70. The third-order valence-electron chi connectivity index (χ3n) is 2.62. The summed E-state index contributed by atoms with van der Waals surface area (Å²) >= 11 is 0. The van der Waals surface area contributed by atoms with E-state index in [1.165, 1.54) is 25.2 Å². The largest absolute Gasteiger partial charge is 0.465 e. The third-order valence-corrected chi connectivity index (χ3v) is 2.62. The molecule has 0 spiro atoms. The van der Waals surface area contributed by atoms with Gasteiger partial charge in [-0.1, -0.05) is 12.1 Å². The second kappa shape index (κ2) is 5.96. The number of methoxy groups -OCH3 is 2. The van der Waals surface area contributed by atoms with Gasteiger partial charge in [-0.2, -0.15) is 0 Å². The summed E-state index contributed by atoms with van der Waals surface area (Å²) in [7, 11) is 2.61. The predicted octanol–water partition coefficient (Wildman–Crippen LogP) is 0.900. The van der Waals surface area contributed by atoms with Crippen LogP contribution in [0.5, 0.6) is 0 Å². The van der Waals surface area contributed by atoms with Gasteiger partial charge in [0.05, 0.1) is 26.3 Å². The molecule has 1 aromatic heterocycles. The first kappa shape index (κ1) is 13.7. The van der Waals surface area contributed by atoms with Crippen molar-refractivity contribution in [3.05, 3.63) is 47.5 Å². The Balaban J connectivity index is 2.08. The first-order valence-corrected chi connectivity index (χ1v) is 5.79. The van der Waals surface area contributed by atoms with Gasteiger partial charge in [0.2, 0.25) is 0 Å². The molecule has 1 aromatic carbocycles. The van der Waals surface area contributed by atoms with Gasteiger partial charge in [-0.3, -0.25) is 0 Å². The lowest BCUT2D eigenvalue weighted by Gasteiger charge is -2.03. The molecule has 0 saturated carbocycles. The van der Waals surface area contributed by atoms with E-state index in [4.69, 9.17) is 0 Å². The fourth-order valence-corrected chi connectivity index (χ4v) is 1.61. The standard InChI is InChI=1S/C13H13N3O4/c1-19-12(17)10-5-3-9(4-6-10)7-16-8-14-11(15-16)13(18)20-2/h3-6,8H,7H2,1-2H3. The summed E-state index contributed by atoms with van der Waals surface area (Å²) in [4.78, 5) is 26.4. The van der Waals surface area contributed by atoms with Crippen LogP contribution >= 0.6 is 0 Å². The Kier molecular flexibility index (Phi) is 4.09. The summed E-state index contributed by atoms with van der Waals surface area (Å²) in [6.45, 7) is 0.436. The minimum atomic E-state index is -0.579. The van der Waals surface area contributed by atoms with Crippen LogP contribution in [0.4, 0.5) is 0 Å². The molecule has 0 aliphatic heterocycles. The highest BCUT2D eigenvalue weighted by atomic mass is 16.5. The lowest BCUT2D eigenvalue weighted by Crippen LogP contribution is -2.07. The zero-order valence-electron chi connectivity index (χ0n) is 11.1. The average Bonchev–Trinajstić information content (AvgIpc) is 2.95. The van der Waals surface area contributed by atoms with Crippen molar-refractivity contribution >= 4 is 11.9 Å². The average molecular weight is 275 g/mol. The number of aromatic nitrogens is 3. The maximum Gasteiger partial charge on any atom is 0.377 e. The molecule has 0 atom stereocenters. The lowest BCUT2D eigenvalue weighted by atomic mass is 10.1. The monoisotopic (exact) mass is 275 g/mol. The van der Waals surface area contributed by atoms with Crippen molar-refractivity contribution in [3.8, 4) is 0 Å². The van der Waals surface area contributed by atoms with E-state index in [1.54, 1.807) is 24.3 Å². The number of rotatable bonds is 4. The highest BCUT2D eigenvalue weighted by molar-refractivity contribution is 5.89. The van der Waals surface area contributed by atoms with Crippen LogP contribution in [0.25, 0.3) is 0 Å². The van der Waals surface area contributed by atoms with Crippen LogP contribution in [0.1, 0.15) is 26.5 Å². The van der Waals surface area contributed by atoms with Gasteiger partial charge in [0, 0.05) is 0 Å². The predicted molar refractivity (Wildman–Crippen MR) is 68.2 cm³/mol. The van der Waals surface area contributed by atoms with Crippen LogP contribution in [0.15, 0.2) is 30.6 Å². The molecular formula is C13H13N3O4. The molecule has 0 fully saturated rings. The van der Waals surface area contributed by atoms with E-state index in [1.807, 2.05) is 0 Å². The van der Waals surface area contributed by atoms with Gasteiger partial charge in [-0.25, -0.2) is 19.3 Å². The summed E-state index contributed by atoms with van der Waals surface area (Å²) in [5.74, 6) is -0.950. The minimum Gasteiger partial charge on any atom is -0.465 e. The normalized spacial score (nSPS) is 10.1. The molecule has 0 radical (unpaired) electrons. The highest BCUT2D eigenvalue weighted by Gasteiger charge is 2.11. The first-order valence-electron chi connectivity index (χ1n) is 5.79. The van der Waals surface area contributed by atoms with Crippen LogP contribution in [0.3, 0.4) is 0 Å². The topological polar surface area (TPSA) is 83.3 Å². The van der Waals surface area contributed by atoms with Crippen molar-refractivity contribution < 1.29 is 19.1 Å². The number of nitrogens with zero attached hydrogens (tertiary/aromatic N) is 3. The van der Waals surface area contributed by atoms with Crippen LogP contribution in [-0.2, 0) is 16.0 Å². The molecule has 0 aliphatic rings. The van der Waals surface area contributed by atoms with Gasteiger partial charge in [0.25, 0.3) is 5.82 Å². The molecule has 0 amide bonds. The first-order chi connectivity index (χ1) is 9.63. The number of esters is 2. The SMILES string of the molecule is COC(=O)c1ccc(Cn2cnc(C(=O)OC)n2)cc1. The van der Waals surface area contributed by atoms with E-state index in [0.717, 1.165) is 5.56 Å². The zero-order chi connectivity index (χ0) is 14.5. The van der Waals surface area contributed by atoms with Gasteiger partial charge in [0.15, 0.2) is 0 Å². The highest BCUT2D eigenvalue weighted by Crippen LogP contribution is 2.07. The van der Waals surface area contributed by atoms with Crippen LogP contribution < -0.4 is 0 Å². The summed E-state index contributed by atoms with van der Waals surface area (Å²) in [6, 6.07) is 6.90. The number of benzene rings is 1. The van der Waals surface area contributed by atoms with Crippen LogP contribution in [0.2, 0.25) is 0 Å². The minimum absolute atomic E-state index is 0.0127. The maximum atomic E-state index is 11.3. The molecule has 20 heavy (non-hydrogen) atoms. The van der Waals surface area contributed by atoms with Crippen molar-refractivity contribution in [3.63, 3.8) is 0 Å². The Morgan fingerprint density at radius 3 is 2.35 bits per heavy atom. The summed E-state index contributed by atoms with van der Waals surface area (Å²) in [5.41, 5.74) is 1.39. The molecule has 0 aliphatic carbocycles. The van der Waals surface area contributed by atoms with Crippen LogP contribution in [0, 0.1) is 0 Å². The Bertz CT molecular complexity index is 619. The number of carbonyl (C=O) groups excluding carboxylic acids is 2. The lowest BCUT2D eigenvalue weighted by molar-refractivity contribution is 0.0582. The van der Waals surface area contributed by atoms with Crippen molar-refractivity contribution in [2.75, 3.05) is 14.2 Å². The van der Waals surface area contributed by atoms with Gasteiger partial charge in [-0.05, 0) is 17.7 Å². The van der Waals surface area contributed by atoms with Gasteiger partial charge in [-0.15, -0.1) is 5.10 Å². The number of carbonyl (C=O) groups is 2. The fourth-order valence-electron chi connectivity index (χ4n) is 1.61. The maximum absolute atomic E-state index is 11.3. The molecule has 0 N–H and O–H groups in total. The summed E-state index contributed by atoms with van der Waals surface area (Å²) in [5, 5.41) is 3.99. The van der Waals surface area contributed by atoms with E-state index >= 15 is 0 Å². The van der Waals surface area contributed by atoms with E-state index in [2.05, 4.69) is 19.6 Å². The Morgan fingerprint density at radius 2 is 1.75 bits per heavy atom. The molecule has 2 rings (SSSR count). The quantitative estimate of drug-likeness (QED) is 0.771. The molecule has 7 heteroatoms. The molecule has 0 unspecified atom stereocenters. The van der Waals surface area contributed by atoms with Gasteiger partial charge >= 0.3 is 11.9 Å². The van der Waals surface area contributed by atoms with Crippen molar-refractivity contribution in [1.82, 2.24) is 14.8 Å². The smallest absolute Gasteiger partial charge is 0.377 e. The zero-order valence-corrected chi connectivity index (χ0v) is 11.1. The van der Waals surface area contributed by atoms with E-state index in [9.17, 15) is 9.59 Å². The van der Waals surface area contributed by atoms with Crippen LogP contribution in [-0.4, -0.2) is 40.9 Å². The molecule has 2 aromatic rings. The third kappa shape index (κ3) is 3.00. The Morgan fingerprint density at radius 1 is 1.10 bits per heavy atom. The van der Waals surface area contributed by atoms with E-state index in [0.29, 0.717) is 12.1 Å². The molecular weight excluding hydrogens is 262 g/mol. The molecule has 0 saturated heterocycles. The molecule has 1 heterocycles. The fraction of sp³-hybridized carbons (Fsp3) is 0.231. The van der Waals surface area contributed by atoms with Gasteiger partial charge in [0.1, 0.15) is 6.33 Å². The number of hydrogen-bond acceptors (Lipinski definition) is 6. The van der Waals surface area contributed by atoms with E-state index < -0.39 is 5.97 Å². The van der Waals surface area contributed by atoms with E-state index in [-0.39, 0.29) is 11.8 Å². The van der Waals surface area contributed by atoms with Crippen molar-refractivity contribution in [2.45, 2.75) is 6.54 Å². The van der Waals surface area contributed by atoms with Crippen molar-refractivity contribution in [2.24, 2.45) is 0 Å². The molecule has 0 bridgehead atoms. The molecule has 104 valence electrons. The second-order valence-corrected chi connectivity index (χ2v) is 3.95. The van der Waals surface area contributed by atoms with Gasteiger partial charge < -0.3 is 9.47 Å². The summed E-state index contributed by atoms with van der Waals surface area (Å²) in [6.07, 6.45) is 1.44. The molecule has 7 nitrogen and oxygen atoms in total. The summed E-state index contributed by atoms with van der Waals surface area (Å²) < 4.78 is 10.7. The number of hydrogen-bond donors (Lipinski definition) is 0.